The van der Waals surface area contributed by atoms with E-state index < -0.39 is 0 Å². The minimum absolute atomic E-state index is 0.0222. The maximum atomic E-state index is 11.9. The summed E-state index contributed by atoms with van der Waals surface area (Å²) in [7, 11) is 0. The van der Waals surface area contributed by atoms with Crippen LogP contribution in [0.4, 0.5) is 0 Å². The van der Waals surface area contributed by atoms with Crippen molar-refractivity contribution in [2.45, 2.75) is 38.1 Å². The summed E-state index contributed by atoms with van der Waals surface area (Å²) in [6.45, 7) is 0.0897. The van der Waals surface area contributed by atoms with Crippen LogP contribution in [0, 0.1) is 0 Å². The van der Waals surface area contributed by atoms with Gasteiger partial charge in [-0.1, -0.05) is 19.3 Å². The van der Waals surface area contributed by atoms with Gasteiger partial charge in [-0.2, -0.15) is 0 Å². The number of H-pyrrole nitrogens is 1. The van der Waals surface area contributed by atoms with Crippen molar-refractivity contribution in [1.29, 1.82) is 0 Å². The zero-order valence-corrected chi connectivity index (χ0v) is 11.5. The van der Waals surface area contributed by atoms with Crippen molar-refractivity contribution in [1.82, 2.24) is 10.3 Å². The average Bonchev–Trinajstić information content (AvgIpc) is 2.93. The fourth-order valence-corrected chi connectivity index (χ4v) is 2.79. The summed E-state index contributed by atoms with van der Waals surface area (Å²) in [5.41, 5.74) is 1.07. The molecule has 0 radical (unpaired) electrons. The predicted molar refractivity (Wildman–Crippen MR) is 78.8 cm³/mol. The Morgan fingerprint density at radius 1 is 1.25 bits per heavy atom. The standard InChI is InChI=1S/C16H20N2O2/c19-16(18-13-4-2-1-3-5-13)11-20-14-6-7-15-12(10-14)8-9-17-15/h6-10,13,17H,1-5,11H2,(H,18,19). The number of carbonyl (C=O) groups is 1. The Labute approximate surface area is 118 Å². The number of ether oxygens (including phenoxy) is 1. The van der Waals surface area contributed by atoms with Gasteiger partial charge in [-0.15, -0.1) is 0 Å². The third-order valence-corrected chi connectivity index (χ3v) is 3.86. The topological polar surface area (TPSA) is 54.1 Å². The number of hydrogen-bond donors (Lipinski definition) is 2. The van der Waals surface area contributed by atoms with Crippen molar-refractivity contribution in [3.63, 3.8) is 0 Å². The van der Waals surface area contributed by atoms with Crippen LogP contribution >= 0.6 is 0 Å². The van der Waals surface area contributed by atoms with E-state index in [0.29, 0.717) is 6.04 Å². The van der Waals surface area contributed by atoms with Crippen LogP contribution in [-0.2, 0) is 4.79 Å². The van der Waals surface area contributed by atoms with Crippen LogP contribution in [0.15, 0.2) is 30.5 Å². The molecule has 0 atom stereocenters. The van der Waals surface area contributed by atoms with E-state index in [9.17, 15) is 4.79 Å². The highest BCUT2D eigenvalue weighted by Gasteiger charge is 2.15. The molecule has 1 aliphatic rings. The first kappa shape index (κ1) is 13.0. The SMILES string of the molecule is O=C(COc1ccc2[nH]ccc2c1)NC1CCCCC1. The molecule has 0 spiro atoms. The third-order valence-electron chi connectivity index (χ3n) is 3.86. The number of fused-ring (bicyclic) bond motifs is 1. The van der Waals surface area contributed by atoms with Gasteiger partial charge in [-0.3, -0.25) is 4.79 Å². The minimum atomic E-state index is -0.0222. The summed E-state index contributed by atoms with van der Waals surface area (Å²) in [5.74, 6) is 0.710. The lowest BCUT2D eigenvalue weighted by molar-refractivity contribution is -0.124. The van der Waals surface area contributed by atoms with E-state index in [4.69, 9.17) is 4.74 Å². The second-order valence-electron chi connectivity index (χ2n) is 5.42. The normalized spacial score (nSPS) is 16.2. The molecule has 1 saturated carbocycles. The largest absolute Gasteiger partial charge is 0.484 e. The van der Waals surface area contributed by atoms with Crippen LogP contribution in [0.2, 0.25) is 0 Å². The Hall–Kier alpha value is -1.97. The van der Waals surface area contributed by atoms with E-state index in [1.165, 1.54) is 19.3 Å². The van der Waals surface area contributed by atoms with E-state index in [1.54, 1.807) is 0 Å². The average molecular weight is 272 g/mol. The van der Waals surface area contributed by atoms with Crippen LogP contribution in [0.25, 0.3) is 10.9 Å². The molecular formula is C16H20N2O2. The van der Waals surface area contributed by atoms with Gasteiger partial charge >= 0.3 is 0 Å². The van der Waals surface area contributed by atoms with E-state index in [-0.39, 0.29) is 12.5 Å². The minimum Gasteiger partial charge on any atom is -0.484 e. The second-order valence-corrected chi connectivity index (χ2v) is 5.42. The molecule has 1 aliphatic carbocycles. The first-order valence-corrected chi connectivity index (χ1v) is 7.30. The number of carbonyl (C=O) groups excluding carboxylic acids is 1. The fraction of sp³-hybridized carbons (Fsp3) is 0.438. The van der Waals surface area contributed by atoms with Gasteiger partial charge in [0.05, 0.1) is 0 Å². The van der Waals surface area contributed by atoms with Crippen LogP contribution < -0.4 is 10.1 Å². The van der Waals surface area contributed by atoms with Crippen LogP contribution in [0.3, 0.4) is 0 Å². The zero-order valence-electron chi connectivity index (χ0n) is 11.5. The molecule has 4 heteroatoms. The maximum absolute atomic E-state index is 11.9. The maximum Gasteiger partial charge on any atom is 0.258 e. The Bertz CT molecular complexity index is 585. The van der Waals surface area contributed by atoms with E-state index >= 15 is 0 Å². The number of amides is 1. The summed E-state index contributed by atoms with van der Waals surface area (Å²) in [6, 6.07) is 8.12. The first-order valence-electron chi connectivity index (χ1n) is 7.30. The number of rotatable bonds is 4. The fourth-order valence-electron chi connectivity index (χ4n) is 2.79. The Morgan fingerprint density at radius 3 is 2.95 bits per heavy atom. The number of benzene rings is 1. The number of aromatic nitrogens is 1. The molecule has 1 amide bonds. The van der Waals surface area contributed by atoms with Gasteiger partial charge < -0.3 is 15.0 Å². The Balaban J connectivity index is 1.51. The molecule has 2 aromatic rings. The first-order chi connectivity index (χ1) is 9.81. The number of hydrogen-bond acceptors (Lipinski definition) is 2. The molecule has 1 fully saturated rings. The summed E-state index contributed by atoms with van der Waals surface area (Å²) < 4.78 is 5.56. The number of aromatic amines is 1. The molecule has 1 heterocycles. The van der Waals surface area contributed by atoms with Crippen molar-refractivity contribution in [2.24, 2.45) is 0 Å². The number of nitrogens with one attached hydrogen (secondary N) is 2. The summed E-state index contributed by atoms with van der Waals surface area (Å²) in [4.78, 5) is 15.0. The second kappa shape index (κ2) is 5.99. The van der Waals surface area contributed by atoms with E-state index in [0.717, 1.165) is 29.5 Å². The Kier molecular flexibility index (Phi) is 3.90. The van der Waals surface area contributed by atoms with E-state index in [2.05, 4.69) is 10.3 Å². The van der Waals surface area contributed by atoms with Crippen molar-refractivity contribution in [2.75, 3.05) is 6.61 Å². The molecule has 1 aromatic carbocycles. The quantitative estimate of drug-likeness (QED) is 0.899. The van der Waals surface area contributed by atoms with Gasteiger partial charge in [0.1, 0.15) is 5.75 Å². The highest BCUT2D eigenvalue weighted by atomic mass is 16.5. The van der Waals surface area contributed by atoms with Gasteiger partial charge in [0, 0.05) is 23.1 Å². The highest BCUT2D eigenvalue weighted by molar-refractivity contribution is 5.81. The molecule has 2 N–H and O–H groups in total. The van der Waals surface area contributed by atoms with Crippen molar-refractivity contribution in [3.05, 3.63) is 30.5 Å². The summed E-state index contributed by atoms with van der Waals surface area (Å²) in [5, 5.41) is 4.14. The van der Waals surface area contributed by atoms with Gasteiger partial charge in [-0.05, 0) is 37.1 Å². The summed E-state index contributed by atoms with van der Waals surface area (Å²) >= 11 is 0. The molecule has 1 aromatic heterocycles. The smallest absolute Gasteiger partial charge is 0.258 e. The molecule has 0 bridgehead atoms. The van der Waals surface area contributed by atoms with Crippen LogP contribution in [-0.4, -0.2) is 23.5 Å². The molecule has 0 saturated heterocycles. The molecule has 3 rings (SSSR count). The lowest BCUT2D eigenvalue weighted by Crippen LogP contribution is -2.38. The van der Waals surface area contributed by atoms with Gasteiger partial charge in [0.15, 0.2) is 6.61 Å². The lowest BCUT2D eigenvalue weighted by atomic mass is 9.95. The van der Waals surface area contributed by atoms with E-state index in [1.807, 2.05) is 30.5 Å². The molecular weight excluding hydrogens is 252 g/mol. The van der Waals surface area contributed by atoms with Gasteiger partial charge in [-0.25, -0.2) is 0 Å². The molecule has 0 unspecified atom stereocenters. The molecule has 0 aliphatic heterocycles. The van der Waals surface area contributed by atoms with Gasteiger partial charge in [0.2, 0.25) is 0 Å². The predicted octanol–water partition coefficient (Wildman–Crippen LogP) is 3.00. The van der Waals surface area contributed by atoms with Crippen molar-refractivity contribution in [3.8, 4) is 5.75 Å². The Morgan fingerprint density at radius 2 is 2.10 bits per heavy atom. The van der Waals surface area contributed by atoms with Crippen LogP contribution in [0.5, 0.6) is 5.75 Å². The third kappa shape index (κ3) is 3.13. The van der Waals surface area contributed by atoms with Gasteiger partial charge in [0.25, 0.3) is 5.91 Å². The van der Waals surface area contributed by atoms with Crippen LogP contribution in [0.1, 0.15) is 32.1 Å². The van der Waals surface area contributed by atoms with Crippen molar-refractivity contribution < 1.29 is 9.53 Å². The zero-order chi connectivity index (χ0) is 13.8. The molecule has 20 heavy (non-hydrogen) atoms. The van der Waals surface area contributed by atoms with Crippen molar-refractivity contribution >= 4 is 16.8 Å². The molecule has 4 nitrogen and oxygen atoms in total. The summed E-state index contributed by atoms with van der Waals surface area (Å²) in [6.07, 6.45) is 7.82. The molecule has 106 valence electrons. The lowest BCUT2D eigenvalue weighted by Gasteiger charge is -2.22. The monoisotopic (exact) mass is 272 g/mol. The highest BCUT2D eigenvalue weighted by Crippen LogP contribution is 2.20.